The van der Waals surface area contributed by atoms with Gasteiger partial charge in [-0.05, 0) is 24.3 Å². The number of amides is 1. The zero-order valence-electron chi connectivity index (χ0n) is 13.4. The Bertz CT molecular complexity index is 659. The molecule has 1 aromatic carbocycles. The van der Waals surface area contributed by atoms with E-state index in [-0.39, 0.29) is 24.0 Å². The van der Waals surface area contributed by atoms with Crippen molar-refractivity contribution in [2.75, 3.05) is 18.6 Å². The van der Waals surface area contributed by atoms with Crippen LogP contribution in [0.15, 0.2) is 30.3 Å². The van der Waals surface area contributed by atoms with E-state index >= 15 is 0 Å². The molecule has 1 aromatic rings. The monoisotopic (exact) mass is 355 g/mol. The number of alkyl carbamates (subject to hydrolysis) is 1. The largest absolute Gasteiger partial charge is 0.467 e. The molecule has 24 heavy (non-hydrogen) atoms. The van der Waals surface area contributed by atoms with Crippen molar-refractivity contribution in [1.82, 2.24) is 5.32 Å². The third-order valence-electron chi connectivity index (χ3n) is 4.01. The Labute approximate surface area is 141 Å². The predicted molar refractivity (Wildman–Crippen MR) is 86.9 cm³/mol. The molecular weight excluding hydrogens is 334 g/mol. The van der Waals surface area contributed by atoms with Gasteiger partial charge in [-0.3, -0.25) is 0 Å². The lowest BCUT2D eigenvalue weighted by molar-refractivity contribution is -0.144. The fourth-order valence-electron chi connectivity index (χ4n) is 2.63. The highest BCUT2D eigenvalue weighted by atomic mass is 32.2. The summed E-state index contributed by atoms with van der Waals surface area (Å²) >= 11 is 0. The molecule has 0 aromatic heterocycles. The Morgan fingerprint density at radius 2 is 1.83 bits per heavy atom. The smallest absolute Gasteiger partial charge is 0.408 e. The van der Waals surface area contributed by atoms with Gasteiger partial charge in [0.15, 0.2) is 0 Å². The van der Waals surface area contributed by atoms with E-state index in [4.69, 9.17) is 9.47 Å². The number of carbonyl (C=O) groups excluding carboxylic acids is 2. The fraction of sp³-hybridized carbons (Fsp3) is 0.500. The van der Waals surface area contributed by atoms with Gasteiger partial charge < -0.3 is 14.8 Å². The molecule has 8 heteroatoms. The third-order valence-corrected chi connectivity index (χ3v) is 5.73. The van der Waals surface area contributed by atoms with Gasteiger partial charge in [-0.25, -0.2) is 18.0 Å². The number of hydrogen-bond acceptors (Lipinski definition) is 6. The summed E-state index contributed by atoms with van der Waals surface area (Å²) in [6.07, 6.45) is -0.120. The topological polar surface area (TPSA) is 98.8 Å². The number of methoxy groups -OCH3 is 1. The first-order chi connectivity index (χ1) is 11.4. The van der Waals surface area contributed by atoms with Crippen LogP contribution < -0.4 is 5.32 Å². The lowest BCUT2D eigenvalue weighted by atomic mass is 9.94. The van der Waals surface area contributed by atoms with E-state index in [1.54, 1.807) is 0 Å². The quantitative estimate of drug-likeness (QED) is 0.799. The normalized spacial score (nSPS) is 18.4. The molecule has 0 aliphatic carbocycles. The molecule has 7 nitrogen and oxygen atoms in total. The highest BCUT2D eigenvalue weighted by molar-refractivity contribution is 7.91. The van der Waals surface area contributed by atoms with Crippen molar-refractivity contribution in [2.45, 2.75) is 25.5 Å². The highest BCUT2D eigenvalue weighted by Gasteiger charge is 2.35. The Kier molecular flexibility index (Phi) is 6.19. The van der Waals surface area contributed by atoms with Crippen LogP contribution in [0, 0.1) is 5.92 Å². The molecule has 1 atom stereocenters. The second kappa shape index (κ2) is 8.14. The molecule has 0 saturated carbocycles. The molecule has 132 valence electrons. The summed E-state index contributed by atoms with van der Waals surface area (Å²) in [6.45, 7) is 0.0829. The Morgan fingerprint density at radius 1 is 1.21 bits per heavy atom. The highest BCUT2D eigenvalue weighted by Crippen LogP contribution is 2.23. The van der Waals surface area contributed by atoms with Gasteiger partial charge in [0.25, 0.3) is 0 Å². The van der Waals surface area contributed by atoms with Gasteiger partial charge >= 0.3 is 12.1 Å². The van der Waals surface area contributed by atoms with Crippen LogP contribution in [0.2, 0.25) is 0 Å². The van der Waals surface area contributed by atoms with Crippen LogP contribution in [-0.2, 0) is 30.7 Å². The number of nitrogens with one attached hydrogen (secondary N) is 1. The van der Waals surface area contributed by atoms with Gasteiger partial charge in [0.1, 0.15) is 22.5 Å². The van der Waals surface area contributed by atoms with Crippen LogP contribution in [0.3, 0.4) is 0 Å². The van der Waals surface area contributed by atoms with Crippen LogP contribution in [-0.4, -0.2) is 45.1 Å². The first-order valence-corrected chi connectivity index (χ1v) is 9.49. The van der Waals surface area contributed by atoms with Crippen LogP contribution in [0.1, 0.15) is 18.4 Å². The minimum absolute atomic E-state index is 0.00586. The minimum atomic E-state index is -3.05. The maximum absolute atomic E-state index is 12.0. The second-order valence-electron chi connectivity index (χ2n) is 5.70. The van der Waals surface area contributed by atoms with E-state index in [1.807, 2.05) is 30.3 Å². The van der Waals surface area contributed by atoms with E-state index in [2.05, 4.69) is 5.32 Å². The van der Waals surface area contributed by atoms with E-state index in [0.29, 0.717) is 12.8 Å². The molecule has 1 N–H and O–H groups in total. The van der Waals surface area contributed by atoms with Crippen molar-refractivity contribution in [1.29, 1.82) is 0 Å². The molecule has 0 unspecified atom stereocenters. The van der Waals surface area contributed by atoms with E-state index in [1.165, 1.54) is 7.11 Å². The van der Waals surface area contributed by atoms with Gasteiger partial charge in [0, 0.05) is 0 Å². The first-order valence-electron chi connectivity index (χ1n) is 7.67. The molecule has 0 spiro atoms. The third kappa shape index (κ3) is 5.23. The average Bonchev–Trinajstić information content (AvgIpc) is 2.58. The van der Waals surface area contributed by atoms with Gasteiger partial charge in [0.2, 0.25) is 0 Å². The molecule has 0 bridgehead atoms. The van der Waals surface area contributed by atoms with Crippen LogP contribution in [0.25, 0.3) is 0 Å². The summed E-state index contributed by atoms with van der Waals surface area (Å²) in [5.74, 6) is -0.876. The summed E-state index contributed by atoms with van der Waals surface area (Å²) in [6, 6.07) is 8.24. The van der Waals surface area contributed by atoms with Gasteiger partial charge in [-0.2, -0.15) is 0 Å². The maximum atomic E-state index is 12.0. The molecular formula is C16H21NO6S. The molecule has 1 heterocycles. The molecule has 2 rings (SSSR count). The van der Waals surface area contributed by atoms with Gasteiger partial charge in [-0.1, -0.05) is 30.3 Å². The second-order valence-corrected chi connectivity index (χ2v) is 8.00. The summed E-state index contributed by atoms with van der Waals surface area (Å²) in [7, 11) is -1.82. The van der Waals surface area contributed by atoms with E-state index in [0.717, 1.165) is 5.56 Å². The number of rotatable bonds is 5. The van der Waals surface area contributed by atoms with Crippen molar-refractivity contribution < 1.29 is 27.5 Å². The molecule has 1 saturated heterocycles. The summed E-state index contributed by atoms with van der Waals surface area (Å²) in [4.78, 5) is 23.9. The molecule has 1 aliphatic rings. The SMILES string of the molecule is COC(=O)[C@@H](NC(=O)OCc1ccccc1)C1CCS(=O)(=O)CC1. The zero-order valence-corrected chi connectivity index (χ0v) is 14.3. The molecule has 0 radical (unpaired) electrons. The Morgan fingerprint density at radius 3 is 2.42 bits per heavy atom. The molecule has 1 fully saturated rings. The van der Waals surface area contributed by atoms with Crippen molar-refractivity contribution >= 4 is 21.9 Å². The molecule has 1 amide bonds. The lowest BCUT2D eigenvalue weighted by Gasteiger charge is -2.28. The number of ether oxygens (including phenoxy) is 2. The summed E-state index contributed by atoms with van der Waals surface area (Å²) in [5.41, 5.74) is 0.825. The van der Waals surface area contributed by atoms with Gasteiger partial charge in [0.05, 0.1) is 18.6 Å². The lowest BCUT2D eigenvalue weighted by Crippen LogP contribution is -2.48. The summed E-state index contributed by atoms with van der Waals surface area (Å²) in [5, 5.41) is 2.50. The minimum Gasteiger partial charge on any atom is -0.467 e. The standard InChI is InChI=1S/C16H21NO6S/c1-22-15(18)14(13-7-9-24(20,21)10-8-13)17-16(19)23-11-12-5-3-2-4-6-12/h2-6,13-14H,7-11H2,1H3,(H,17,19)/t14-/m0/s1. The van der Waals surface area contributed by atoms with Crippen molar-refractivity contribution in [2.24, 2.45) is 5.92 Å². The zero-order chi connectivity index (χ0) is 17.6. The van der Waals surface area contributed by atoms with Crippen LogP contribution in [0.5, 0.6) is 0 Å². The summed E-state index contributed by atoms with van der Waals surface area (Å²) < 4.78 is 32.9. The number of hydrogen-bond donors (Lipinski definition) is 1. The van der Waals surface area contributed by atoms with Crippen LogP contribution in [0.4, 0.5) is 4.79 Å². The predicted octanol–water partition coefficient (Wildman–Crippen LogP) is 1.28. The van der Waals surface area contributed by atoms with E-state index in [9.17, 15) is 18.0 Å². The number of esters is 1. The van der Waals surface area contributed by atoms with Crippen LogP contribution >= 0.6 is 0 Å². The Balaban J connectivity index is 1.93. The maximum Gasteiger partial charge on any atom is 0.408 e. The fourth-order valence-corrected chi connectivity index (χ4v) is 4.16. The molecule has 1 aliphatic heterocycles. The number of sulfone groups is 1. The number of benzene rings is 1. The van der Waals surface area contributed by atoms with E-state index < -0.39 is 27.9 Å². The van der Waals surface area contributed by atoms with Gasteiger partial charge in [-0.15, -0.1) is 0 Å². The average molecular weight is 355 g/mol. The first kappa shape index (κ1) is 18.3. The number of carbonyl (C=O) groups is 2. The van der Waals surface area contributed by atoms with Crippen molar-refractivity contribution in [3.63, 3.8) is 0 Å². The Hall–Kier alpha value is -2.09. The van der Waals surface area contributed by atoms with Crippen molar-refractivity contribution in [3.05, 3.63) is 35.9 Å². The van der Waals surface area contributed by atoms with Crippen molar-refractivity contribution in [3.8, 4) is 0 Å².